The summed E-state index contributed by atoms with van der Waals surface area (Å²) in [4.78, 5) is 16.5. The molecule has 0 aliphatic carbocycles. The van der Waals surface area contributed by atoms with Crippen molar-refractivity contribution >= 4 is 45.1 Å². The summed E-state index contributed by atoms with van der Waals surface area (Å²) < 4.78 is 28.3. The van der Waals surface area contributed by atoms with Crippen molar-refractivity contribution in [2.75, 3.05) is 30.3 Å². The van der Waals surface area contributed by atoms with E-state index in [2.05, 4.69) is 4.72 Å². The van der Waals surface area contributed by atoms with Crippen LogP contribution >= 0.6 is 23.5 Å². The van der Waals surface area contributed by atoms with Crippen molar-refractivity contribution < 1.29 is 13.2 Å². The number of hydrogen-bond acceptors (Lipinski definition) is 5. The number of likely N-dealkylation sites (tertiary alicyclic amines) is 1. The SMILES string of the molecule is CSc1cccc(NS(=O)(=O)c2ccc(SC)c(C(=O)N3CCCC3)c2)c1. The van der Waals surface area contributed by atoms with Gasteiger partial charge in [0.1, 0.15) is 0 Å². The lowest BCUT2D eigenvalue weighted by molar-refractivity contribution is 0.0789. The van der Waals surface area contributed by atoms with Crippen LogP contribution in [-0.2, 0) is 10.0 Å². The Bertz CT molecular complexity index is 939. The minimum absolute atomic E-state index is 0.0948. The Morgan fingerprint density at radius 3 is 2.44 bits per heavy atom. The standard InChI is InChI=1S/C19H22N2O3S3/c1-25-15-7-5-6-14(12-15)20-27(23,24)16-8-9-18(26-2)17(13-16)19(22)21-10-3-4-11-21/h5-9,12-13,20H,3-4,10-11H2,1-2H3. The number of carbonyl (C=O) groups excluding carboxylic acids is 1. The van der Waals surface area contributed by atoms with E-state index in [1.165, 1.54) is 17.8 Å². The highest BCUT2D eigenvalue weighted by atomic mass is 32.2. The molecule has 2 aromatic carbocycles. The second-order valence-corrected chi connectivity index (χ2v) is 9.61. The molecule has 1 heterocycles. The molecule has 0 unspecified atom stereocenters. The van der Waals surface area contributed by atoms with Gasteiger partial charge in [0.25, 0.3) is 15.9 Å². The van der Waals surface area contributed by atoms with Gasteiger partial charge in [0, 0.05) is 28.6 Å². The van der Waals surface area contributed by atoms with E-state index in [1.54, 1.807) is 40.9 Å². The zero-order chi connectivity index (χ0) is 19.4. The van der Waals surface area contributed by atoms with Crippen molar-refractivity contribution in [2.45, 2.75) is 27.5 Å². The molecular weight excluding hydrogens is 400 g/mol. The minimum atomic E-state index is -3.78. The zero-order valence-electron chi connectivity index (χ0n) is 15.3. The highest BCUT2D eigenvalue weighted by molar-refractivity contribution is 7.99. The summed E-state index contributed by atoms with van der Waals surface area (Å²) in [5.41, 5.74) is 0.952. The van der Waals surface area contributed by atoms with Crippen LogP contribution in [0.2, 0.25) is 0 Å². The second-order valence-electron chi connectivity index (χ2n) is 6.20. The first-order chi connectivity index (χ1) is 12.9. The number of rotatable bonds is 6. The summed E-state index contributed by atoms with van der Waals surface area (Å²) in [7, 11) is -3.78. The number of sulfonamides is 1. The van der Waals surface area contributed by atoms with Crippen LogP contribution in [0.4, 0.5) is 5.69 Å². The quantitative estimate of drug-likeness (QED) is 0.708. The molecule has 0 bridgehead atoms. The van der Waals surface area contributed by atoms with Crippen molar-refractivity contribution in [3.63, 3.8) is 0 Å². The molecule has 1 amide bonds. The maximum Gasteiger partial charge on any atom is 0.261 e. The number of carbonyl (C=O) groups is 1. The molecule has 1 aliphatic rings. The van der Waals surface area contributed by atoms with Gasteiger partial charge in [-0.3, -0.25) is 9.52 Å². The molecule has 8 heteroatoms. The van der Waals surface area contributed by atoms with Gasteiger partial charge in [-0.05, 0) is 61.8 Å². The van der Waals surface area contributed by atoms with Gasteiger partial charge >= 0.3 is 0 Å². The molecule has 0 saturated carbocycles. The molecule has 2 aromatic rings. The maximum absolute atomic E-state index is 12.8. The molecule has 5 nitrogen and oxygen atoms in total. The van der Waals surface area contributed by atoms with Gasteiger partial charge < -0.3 is 4.90 Å². The van der Waals surface area contributed by atoms with Crippen LogP contribution in [0.25, 0.3) is 0 Å². The third-order valence-corrected chi connectivity index (χ3v) is 7.33. The topological polar surface area (TPSA) is 66.5 Å². The molecule has 144 valence electrons. The average molecular weight is 423 g/mol. The Kier molecular flexibility index (Phi) is 6.39. The van der Waals surface area contributed by atoms with Gasteiger partial charge in [0.15, 0.2) is 0 Å². The van der Waals surface area contributed by atoms with Crippen LogP contribution in [0.5, 0.6) is 0 Å². The van der Waals surface area contributed by atoms with Crippen LogP contribution in [0.1, 0.15) is 23.2 Å². The van der Waals surface area contributed by atoms with E-state index in [1.807, 2.05) is 24.6 Å². The van der Waals surface area contributed by atoms with Crippen molar-refractivity contribution in [3.8, 4) is 0 Å². The Labute approximate surface area is 169 Å². The molecule has 3 rings (SSSR count). The first-order valence-corrected chi connectivity index (χ1v) is 12.5. The van der Waals surface area contributed by atoms with Crippen LogP contribution in [0.15, 0.2) is 57.2 Å². The summed E-state index contributed by atoms with van der Waals surface area (Å²) >= 11 is 2.99. The average Bonchev–Trinajstić information content (AvgIpc) is 3.21. The summed E-state index contributed by atoms with van der Waals surface area (Å²) in [6, 6.07) is 12.0. The van der Waals surface area contributed by atoms with Gasteiger partial charge in [0.2, 0.25) is 0 Å². The summed E-state index contributed by atoms with van der Waals surface area (Å²) in [6.07, 6.45) is 5.80. The Hall–Kier alpha value is -1.64. The summed E-state index contributed by atoms with van der Waals surface area (Å²) in [5.74, 6) is -0.0988. The second kappa shape index (κ2) is 8.58. The highest BCUT2D eigenvalue weighted by Crippen LogP contribution is 2.28. The van der Waals surface area contributed by atoms with Gasteiger partial charge in [-0.2, -0.15) is 0 Å². The number of nitrogens with one attached hydrogen (secondary N) is 1. The van der Waals surface area contributed by atoms with E-state index in [4.69, 9.17) is 0 Å². The predicted octanol–water partition coefficient (Wildman–Crippen LogP) is 4.17. The fourth-order valence-electron chi connectivity index (χ4n) is 3.01. The molecule has 0 radical (unpaired) electrons. The fraction of sp³-hybridized carbons (Fsp3) is 0.316. The third-order valence-electron chi connectivity index (χ3n) is 4.43. The van der Waals surface area contributed by atoms with E-state index in [-0.39, 0.29) is 10.8 Å². The van der Waals surface area contributed by atoms with Crippen LogP contribution in [0, 0.1) is 0 Å². The molecule has 0 spiro atoms. The lowest BCUT2D eigenvalue weighted by atomic mass is 10.2. The number of anilines is 1. The first-order valence-electron chi connectivity index (χ1n) is 8.59. The maximum atomic E-state index is 12.8. The lowest BCUT2D eigenvalue weighted by Crippen LogP contribution is -2.28. The predicted molar refractivity (Wildman–Crippen MR) is 112 cm³/mol. The number of amides is 1. The number of thioether (sulfide) groups is 2. The third kappa shape index (κ3) is 4.62. The van der Waals surface area contributed by atoms with Gasteiger partial charge in [-0.1, -0.05) is 6.07 Å². The molecule has 1 aliphatic heterocycles. The molecule has 1 N–H and O–H groups in total. The van der Waals surface area contributed by atoms with Gasteiger partial charge in [-0.15, -0.1) is 23.5 Å². The highest BCUT2D eigenvalue weighted by Gasteiger charge is 2.24. The Morgan fingerprint density at radius 1 is 1.04 bits per heavy atom. The first kappa shape index (κ1) is 20.1. The van der Waals surface area contributed by atoms with Crippen LogP contribution in [0.3, 0.4) is 0 Å². The fourth-order valence-corrected chi connectivity index (χ4v) is 5.12. The monoisotopic (exact) mass is 422 g/mol. The van der Waals surface area contributed by atoms with Crippen LogP contribution in [-0.4, -0.2) is 44.8 Å². The Balaban J connectivity index is 1.92. The Morgan fingerprint density at radius 2 is 1.78 bits per heavy atom. The summed E-state index contributed by atoms with van der Waals surface area (Å²) in [5, 5.41) is 0. The van der Waals surface area contributed by atoms with E-state index in [9.17, 15) is 13.2 Å². The molecule has 0 aromatic heterocycles. The molecule has 0 atom stereocenters. The number of hydrogen-bond donors (Lipinski definition) is 1. The van der Waals surface area contributed by atoms with E-state index in [0.29, 0.717) is 11.3 Å². The lowest BCUT2D eigenvalue weighted by Gasteiger charge is -2.18. The zero-order valence-corrected chi connectivity index (χ0v) is 17.7. The molecule has 27 heavy (non-hydrogen) atoms. The molecular formula is C19H22N2O3S3. The van der Waals surface area contributed by atoms with E-state index in [0.717, 1.165) is 35.7 Å². The van der Waals surface area contributed by atoms with Crippen LogP contribution < -0.4 is 4.72 Å². The smallest absolute Gasteiger partial charge is 0.261 e. The van der Waals surface area contributed by atoms with Gasteiger partial charge in [0.05, 0.1) is 10.5 Å². The van der Waals surface area contributed by atoms with E-state index >= 15 is 0 Å². The molecule has 1 fully saturated rings. The molecule has 1 saturated heterocycles. The van der Waals surface area contributed by atoms with Crippen molar-refractivity contribution in [1.29, 1.82) is 0 Å². The van der Waals surface area contributed by atoms with E-state index < -0.39 is 10.0 Å². The minimum Gasteiger partial charge on any atom is -0.339 e. The van der Waals surface area contributed by atoms with Crippen molar-refractivity contribution in [1.82, 2.24) is 4.90 Å². The van der Waals surface area contributed by atoms with Crippen molar-refractivity contribution in [3.05, 3.63) is 48.0 Å². The van der Waals surface area contributed by atoms with Crippen molar-refractivity contribution in [2.24, 2.45) is 0 Å². The summed E-state index contributed by atoms with van der Waals surface area (Å²) in [6.45, 7) is 1.45. The number of benzene rings is 2. The van der Waals surface area contributed by atoms with Gasteiger partial charge in [-0.25, -0.2) is 8.42 Å². The largest absolute Gasteiger partial charge is 0.339 e. The normalized spacial score (nSPS) is 14.4. The number of nitrogens with zero attached hydrogens (tertiary/aromatic N) is 1.